The molecule has 1 nitrogen and oxygen atoms in total. The van der Waals surface area contributed by atoms with Crippen LogP contribution in [0.1, 0.15) is 39.0 Å². The molecule has 0 aromatic carbocycles. The molecule has 0 amide bonds. The summed E-state index contributed by atoms with van der Waals surface area (Å²) < 4.78 is 0. The topological polar surface area (TPSA) is 12.9 Å². The summed E-state index contributed by atoms with van der Waals surface area (Å²) in [6.07, 6.45) is 5.68. The lowest BCUT2D eigenvalue weighted by atomic mass is 10.1. The van der Waals surface area contributed by atoms with E-state index < -0.39 is 0 Å². The van der Waals surface area contributed by atoms with Crippen molar-refractivity contribution in [2.75, 3.05) is 0 Å². The Kier molecular flexibility index (Phi) is 6.38. The zero-order valence-electron chi connectivity index (χ0n) is 9.54. The van der Waals surface area contributed by atoms with Gasteiger partial charge in [0.15, 0.2) is 0 Å². The molecule has 0 aliphatic carbocycles. The highest BCUT2D eigenvalue weighted by Crippen LogP contribution is 2.16. The average molecular weight is 189 g/mol. The van der Waals surface area contributed by atoms with Crippen LogP contribution < -0.4 is 0 Å². The number of allylic oxidation sites excluding steroid dienone is 2. The molecule has 0 spiro atoms. The molecule has 0 bridgehead atoms. The highest BCUT2D eigenvalue weighted by Gasteiger charge is 1.99. The van der Waals surface area contributed by atoms with Crippen molar-refractivity contribution in [3.05, 3.63) is 42.2 Å². The Balaban J connectivity index is 0.000000791. The first-order chi connectivity index (χ1) is 6.79. The zero-order valence-corrected chi connectivity index (χ0v) is 9.54. The van der Waals surface area contributed by atoms with E-state index in [0.29, 0.717) is 0 Å². The Hall–Kier alpha value is -1.37. The minimum Gasteiger partial charge on any atom is -0.256 e. The van der Waals surface area contributed by atoms with E-state index in [1.807, 2.05) is 39.0 Å². The quantitative estimate of drug-likeness (QED) is 0.680. The van der Waals surface area contributed by atoms with Crippen molar-refractivity contribution in [1.82, 2.24) is 4.98 Å². The highest BCUT2D eigenvalue weighted by atomic mass is 14.7. The fourth-order valence-electron chi connectivity index (χ4n) is 1.05. The van der Waals surface area contributed by atoms with Crippen molar-refractivity contribution in [2.45, 2.75) is 27.7 Å². The SMILES string of the molecule is C=Cc1cccnc1/C(C)=C\C.CC. The Morgan fingerprint density at radius 1 is 1.43 bits per heavy atom. The van der Waals surface area contributed by atoms with Crippen molar-refractivity contribution in [3.63, 3.8) is 0 Å². The largest absolute Gasteiger partial charge is 0.256 e. The van der Waals surface area contributed by atoms with E-state index in [2.05, 4.69) is 24.6 Å². The van der Waals surface area contributed by atoms with Gasteiger partial charge in [0.2, 0.25) is 0 Å². The van der Waals surface area contributed by atoms with Crippen molar-refractivity contribution < 1.29 is 0 Å². The summed E-state index contributed by atoms with van der Waals surface area (Å²) >= 11 is 0. The van der Waals surface area contributed by atoms with Gasteiger partial charge in [0.1, 0.15) is 0 Å². The number of rotatable bonds is 2. The van der Waals surface area contributed by atoms with Crippen LogP contribution >= 0.6 is 0 Å². The summed E-state index contributed by atoms with van der Waals surface area (Å²) in [5, 5.41) is 0. The third kappa shape index (κ3) is 3.17. The van der Waals surface area contributed by atoms with Gasteiger partial charge >= 0.3 is 0 Å². The van der Waals surface area contributed by atoms with E-state index in [1.165, 1.54) is 5.57 Å². The van der Waals surface area contributed by atoms with E-state index >= 15 is 0 Å². The monoisotopic (exact) mass is 189 g/mol. The Morgan fingerprint density at radius 3 is 2.57 bits per heavy atom. The molecule has 0 radical (unpaired) electrons. The number of aromatic nitrogens is 1. The van der Waals surface area contributed by atoms with Gasteiger partial charge in [-0.2, -0.15) is 0 Å². The van der Waals surface area contributed by atoms with Gasteiger partial charge in [0.25, 0.3) is 0 Å². The lowest BCUT2D eigenvalue weighted by molar-refractivity contribution is 1.25. The lowest BCUT2D eigenvalue weighted by Crippen LogP contribution is -1.88. The Labute approximate surface area is 87.2 Å². The maximum atomic E-state index is 4.28. The molecule has 0 unspecified atom stereocenters. The predicted octanol–water partition coefficient (Wildman–Crippen LogP) is 4.17. The van der Waals surface area contributed by atoms with Gasteiger partial charge in [-0.05, 0) is 31.1 Å². The summed E-state index contributed by atoms with van der Waals surface area (Å²) in [7, 11) is 0. The smallest absolute Gasteiger partial charge is 0.0727 e. The van der Waals surface area contributed by atoms with E-state index in [4.69, 9.17) is 0 Å². The molecule has 0 aliphatic heterocycles. The van der Waals surface area contributed by atoms with E-state index in [0.717, 1.165) is 11.3 Å². The van der Waals surface area contributed by atoms with Gasteiger partial charge in [-0.15, -0.1) is 0 Å². The second-order valence-electron chi connectivity index (χ2n) is 2.62. The molecule has 14 heavy (non-hydrogen) atoms. The normalized spacial score (nSPS) is 10.1. The number of nitrogens with zero attached hydrogens (tertiary/aromatic N) is 1. The molecular weight excluding hydrogens is 170 g/mol. The van der Waals surface area contributed by atoms with Crippen LogP contribution in [0, 0.1) is 0 Å². The third-order valence-corrected chi connectivity index (χ3v) is 1.87. The maximum Gasteiger partial charge on any atom is 0.0727 e. The molecule has 76 valence electrons. The number of pyridine rings is 1. The molecule has 1 aromatic heterocycles. The highest BCUT2D eigenvalue weighted by molar-refractivity contribution is 5.69. The standard InChI is InChI=1S/C11H13N.C2H6/c1-4-9(3)11-10(5-2)7-6-8-12-11;1-2/h4-8H,2H2,1,3H3;1-2H3/b9-4-;. The minimum absolute atomic E-state index is 1.02. The van der Waals surface area contributed by atoms with E-state index in [-0.39, 0.29) is 0 Å². The first-order valence-corrected chi connectivity index (χ1v) is 5.00. The van der Waals surface area contributed by atoms with Crippen molar-refractivity contribution in [3.8, 4) is 0 Å². The molecule has 1 aromatic rings. The second-order valence-corrected chi connectivity index (χ2v) is 2.62. The van der Waals surface area contributed by atoms with Crippen LogP contribution in [0.5, 0.6) is 0 Å². The fourth-order valence-corrected chi connectivity index (χ4v) is 1.05. The van der Waals surface area contributed by atoms with Crippen LogP contribution in [-0.4, -0.2) is 4.98 Å². The average Bonchev–Trinajstić information content (AvgIpc) is 2.30. The van der Waals surface area contributed by atoms with Gasteiger partial charge in [0.05, 0.1) is 5.69 Å². The molecule has 1 heterocycles. The van der Waals surface area contributed by atoms with Crippen LogP contribution in [0.2, 0.25) is 0 Å². The van der Waals surface area contributed by atoms with Gasteiger partial charge < -0.3 is 0 Å². The molecule has 0 saturated heterocycles. The summed E-state index contributed by atoms with van der Waals surface area (Å²) in [6.45, 7) is 11.8. The third-order valence-electron chi connectivity index (χ3n) is 1.87. The first kappa shape index (κ1) is 12.6. The Bertz CT molecular complexity index is 311. The summed E-state index contributed by atoms with van der Waals surface area (Å²) in [5.74, 6) is 0. The van der Waals surface area contributed by atoms with Gasteiger partial charge in [-0.1, -0.05) is 38.6 Å². The predicted molar refractivity (Wildman–Crippen MR) is 65.0 cm³/mol. The van der Waals surface area contributed by atoms with E-state index in [9.17, 15) is 0 Å². The maximum absolute atomic E-state index is 4.28. The molecule has 1 heteroatoms. The summed E-state index contributed by atoms with van der Waals surface area (Å²) in [5.41, 5.74) is 3.30. The van der Waals surface area contributed by atoms with Gasteiger partial charge in [-0.25, -0.2) is 0 Å². The molecule has 0 aliphatic rings. The molecule has 0 atom stereocenters. The lowest BCUT2D eigenvalue weighted by Gasteiger charge is -2.03. The van der Waals surface area contributed by atoms with Crippen LogP contribution in [0.15, 0.2) is 31.0 Å². The number of hydrogen-bond donors (Lipinski definition) is 0. The molecule has 0 saturated carbocycles. The first-order valence-electron chi connectivity index (χ1n) is 5.00. The van der Waals surface area contributed by atoms with Crippen LogP contribution in [-0.2, 0) is 0 Å². The number of hydrogen-bond acceptors (Lipinski definition) is 1. The van der Waals surface area contributed by atoms with Gasteiger partial charge in [0, 0.05) is 6.20 Å². The molecule has 0 N–H and O–H groups in total. The van der Waals surface area contributed by atoms with Crippen LogP contribution in [0.4, 0.5) is 0 Å². The van der Waals surface area contributed by atoms with Crippen molar-refractivity contribution >= 4 is 11.6 Å². The Morgan fingerprint density at radius 2 is 2.07 bits per heavy atom. The van der Waals surface area contributed by atoms with E-state index in [1.54, 1.807) is 6.20 Å². The summed E-state index contributed by atoms with van der Waals surface area (Å²) in [4.78, 5) is 4.28. The van der Waals surface area contributed by atoms with Crippen molar-refractivity contribution in [2.24, 2.45) is 0 Å². The molecule has 1 rings (SSSR count). The summed E-state index contributed by atoms with van der Waals surface area (Å²) in [6, 6.07) is 3.94. The van der Waals surface area contributed by atoms with Gasteiger partial charge in [-0.3, -0.25) is 4.98 Å². The fraction of sp³-hybridized carbons (Fsp3) is 0.308. The molecule has 0 fully saturated rings. The van der Waals surface area contributed by atoms with Crippen molar-refractivity contribution in [1.29, 1.82) is 0 Å². The molecular formula is C13H19N. The second kappa shape index (κ2) is 7.07. The minimum atomic E-state index is 1.02. The van der Waals surface area contributed by atoms with Crippen LogP contribution in [0.25, 0.3) is 11.6 Å². The van der Waals surface area contributed by atoms with Crippen LogP contribution in [0.3, 0.4) is 0 Å². The zero-order chi connectivity index (χ0) is 11.0.